The molecule has 0 unspecified atom stereocenters. The first kappa shape index (κ1) is 14.3. The van der Waals surface area contributed by atoms with Gasteiger partial charge in [0.05, 0.1) is 0 Å². The van der Waals surface area contributed by atoms with Crippen LogP contribution in [0.5, 0.6) is 0 Å². The van der Waals surface area contributed by atoms with Crippen molar-refractivity contribution in [3.8, 4) is 0 Å². The molecule has 1 aliphatic heterocycles. The van der Waals surface area contributed by atoms with Gasteiger partial charge in [-0.2, -0.15) is 0 Å². The van der Waals surface area contributed by atoms with Crippen molar-refractivity contribution in [1.82, 2.24) is 0 Å². The molecule has 0 saturated carbocycles. The summed E-state index contributed by atoms with van der Waals surface area (Å²) in [6.45, 7) is 5.72. The Morgan fingerprint density at radius 3 is 2.58 bits per heavy atom. The van der Waals surface area contributed by atoms with Gasteiger partial charge in [-0.15, -0.1) is 0 Å². The summed E-state index contributed by atoms with van der Waals surface area (Å²) in [6.07, 6.45) is 1.95. The molecule has 106 valence electrons. The van der Waals surface area contributed by atoms with Crippen molar-refractivity contribution in [2.45, 2.75) is 32.7 Å². The lowest BCUT2D eigenvalue weighted by atomic mass is 9.95. The van der Waals surface area contributed by atoms with E-state index < -0.39 is 0 Å². The molecule has 1 fully saturated rings. The monoisotopic (exact) mass is 266 g/mol. The van der Waals surface area contributed by atoms with E-state index in [1.807, 2.05) is 13.0 Å². The molecule has 1 aromatic carbocycles. The average Bonchev–Trinajstić information content (AvgIpc) is 2.41. The second kappa shape index (κ2) is 5.88. The number of piperidine rings is 1. The lowest BCUT2D eigenvalue weighted by molar-refractivity contribution is 0.203. The predicted octanol–water partition coefficient (Wildman–Crippen LogP) is 2.36. The lowest BCUT2D eigenvalue weighted by Gasteiger charge is -2.35. The Morgan fingerprint density at radius 2 is 2.05 bits per heavy atom. The maximum atomic E-state index is 13.7. The van der Waals surface area contributed by atoms with Crippen molar-refractivity contribution in [3.05, 3.63) is 29.1 Å². The van der Waals surface area contributed by atoms with Crippen molar-refractivity contribution < 1.29 is 9.50 Å². The number of halogens is 1. The number of aliphatic hydroxyl groups is 1. The fourth-order valence-corrected chi connectivity index (χ4v) is 2.68. The molecule has 1 saturated heterocycles. The van der Waals surface area contributed by atoms with Crippen LogP contribution in [0.3, 0.4) is 0 Å². The molecule has 1 heterocycles. The van der Waals surface area contributed by atoms with Gasteiger partial charge < -0.3 is 15.7 Å². The van der Waals surface area contributed by atoms with Crippen LogP contribution in [0, 0.1) is 18.7 Å². The van der Waals surface area contributed by atoms with Gasteiger partial charge >= 0.3 is 0 Å². The van der Waals surface area contributed by atoms with Gasteiger partial charge in [-0.25, -0.2) is 4.39 Å². The third kappa shape index (κ3) is 3.07. The third-order valence-corrected chi connectivity index (χ3v) is 4.01. The zero-order valence-corrected chi connectivity index (χ0v) is 11.7. The van der Waals surface area contributed by atoms with E-state index in [4.69, 9.17) is 5.73 Å². The molecule has 3 nitrogen and oxygen atoms in total. The maximum Gasteiger partial charge on any atom is 0.126 e. The van der Waals surface area contributed by atoms with Gasteiger partial charge in [-0.05, 0) is 55.9 Å². The molecule has 4 heteroatoms. The smallest absolute Gasteiger partial charge is 0.126 e. The Labute approximate surface area is 114 Å². The van der Waals surface area contributed by atoms with Gasteiger partial charge in [0, 0.05) is 31.4 Å². The van der Waals surface area contributed by atoms with Gasteiger partial charge in [-0.3, -0.25) is 0 Å². The molecule has 0 bridgehead atoms. The van der Waals surface area contributed by atoms with E-state index in [0.29, 0.717) is 11.5 Å². The second-order valence-corrected chi connectivity index (χ2v) is 5.56. The van der Waals surface area contributed by atoms with Crippen LogP contribution in [0.4, 0.5) is 10.1 Å². The van der Waals surface area contributed by atoms with Crippen LogP contribution in [0.15, 0.2) is 12.1 Å². The minimum Gasteiger partial charge on any atom is -0.396 e. The quantitative estimate of drug-likeness (QED) is 0.883. The summed E-state index contributed by atoms with van der Waals surface area (Å²) in [7, 11) is 0. The standard InChI is InChI=1S/C15H23FN2O/c1-10-7-15(13(11(2)17)8-14(10)16)18-5-3-12(9-19)4-6-18/h7-8,11-12,19H,3-6,9,17H2,1-2H3/t11-/m0/s1. The van der Waals surface area contributed by atoms with E-state index in [1.54, 1.807) is 13.0 Å². The van der Waals surface area contributed by atoms with Crippen molar-refractivity contribution >= 4 is 5.69 Å². The van der Waals surface area contributed by atoms with Gasteiger partial charge in [-0.1, -0.05) is 0 Å². The summed E-state index contributed by atoms with van der Waals surface area (Å²) in [6, 6.07) is 3.28. The molecule has 3 N–H and O–H groups in total. The van der Waals surface area contributed by atoms with Crippen LogP contribution in [0.25, 0.3) is 0 Å². The number of hydrogen-bond acceptors (Lipinski definition) is 3. The fourth-order valence-electron chi connectivity index (χ4n) is 2.68. The Kier molecular flexibility index (Phi) is 4.42. The van der Waals surface area contributed by atoms with Crippen molar-refractivity contribution in [2.75, 3.05) is 24.6 Å². The molecule has 0 spiro atoms. The molecular formula is C15H23FN2O. The van der Waals surface area contributed by atoms with E-state index in [0.717, 1.165) is 37.2 Å². The Balaban J connectivity index is 2.26. The summed E-state index contributed by atoms with van der Waals surface area (Å²) in [4.78, 5) is 2.26. The van der Waals surface area contributed by atoms with E-state index in [2.05, 4.69) is 4.90 Å². The number of nitrogens with two attached hydrogens (primary N) is 1. The first-order chi connectivity index (χ1) is 9.02. The number of anilines is 1. The molecule has 1 aliphatic rings. The van der Waals surface area contributed by atoms with Gasteiger partial charge in [0.1, 0.15) is 5.82 Å². The topological polar surface area (TPSA) is 49.5 Å². The van der Waals surface area contributed by atoms with Crippen LogP contribution in [-0.2, 0) is 0 Å². The van der Waals surface area contributed by atoms with Gasteiger partial charge in [0.25, 0.3) is 0 Å². The van der Waals surface area contributed by atoms with Crippen molar-refractivity contribution in [2.24, 2.45) is 11.7 Å². The largest absolute Gasteiger partial charge is 0.396 e. The highest BCUT2D eigenvalue weighted by molar-refractivity contribution is 5.57. The molecule has 2 rings (SSSR count). The van der Waals surface area contributed by atoms with Crippen LogP contribution >= 0.6 is 0 Å². The molecule has 1 aromatic rings. The highest BCUT2D eigenvalue weighted by Gasteiger charge is 2.22. The normalized spacial score (nSPS) is 18.7. The van der Waals surface area contributed by atoms with Crippen LogP contribution in [0.2, 0.25) is 0 Å². The number of aliphatic hydroxyl groups excluding tert-OH is 1. The van der Waals surface area contributed by atoms with Crippen molar-refractivity contribution in [3.63, 3.8) is 0 Å². The Bertz CT molecular complexity index is 440. The second-order valence-electron chi connectivity index (χ2n) is 5.56. The van der Waals surface area contributed by atoms with Crippen LogP contribution < -0.4 is 10.6 Å². The van der Waals surface area contributed by atoms with Gasteiger partial charge in [0.2, 0.25) is 0 Å². The highest BCUT2D eigenvalue weighted by Crippen LogP contribution is 2.31. The van der Waals surface area contributed by atoms with Gasteiger partial charge in [0.15, 0.2) is 0 Å². The Morgan fingerprint density at radius 1 is 1.42 bits per heavy atom. The van der Waals surface area contributed by atoms with E-state index in [9.17, 15) is 9.50 Å². The third-order valence-electron chi connectivity index (χ3n) is 4.01. The minimum absolute atomic E-state index is 0.180. The maximum absolute atomic E-state index is 13.7. The molecule has 0 radical (unpaired) electrons. The Hall–Kier alpha value is -1.13. The molecule has 19 heavy (non-hydrogen) atoms. The number of benzene rings is 1. The number of aryl methyl sites for hydroxylation is 1. The van der Waals surface area contributed by atoms with Crippen molar-refractivity contribution in [1.29, 1.82) is 0 Å². The summed E-state index contributed by atoms with van der Waals surface area (Å²) in [5, 5.41) is 9.18. The first-order valence-electron chi connectivity index (χ1n) is 6.94. The molecule has 0 aliphatic carbocycles. The number of rotatable bonds is 3. The summed E-state index contributed by atoms with van der Waals surface area (Å²) in [5.41, 5.74) is 8.53. The fraction of sp³-hybridized carbons (Fsp3) is 0.600. The summed E-state index contributed by atoms with van der Waals surface area (Å²) in [5.74, 6) is 0.206. The average molecular weight is 266 g/mol. The van der Waals surface area contributed by atoms with E-state index in [1.165, 1.54) is 0 Å². The van der Waals surface area contributed by atoms with E-state index in [-0.39, 0.29) is 18.5 Å². The van der Waals surface area contributed by atoms with Crippen LogP contribution in [-0.4, -0.2) is 24.8 Å². The predicted molar refractivity (Wildman–Crippen MR) is 75.8 cm³/mol. The zero-order valence-electron chi connectivity index (χ0n) is 11.7. The zero-order chi connectivity index (χ0) is 14.0. The molecule has 0 amide bonds. The minimum atomic E-state index is -0.193. The highest BCUT2D eigenvalue weighted by atomic mass is 19.1. The SMILES string of the molecule is Cc1cc(N2CCC(CO)CC2)c([C@H](C)N)cc1F. The summed E-state index contributed by atoms with van der Waals surface area (Å²) < 4.78 is 13.7. The number of hydrogen-bond donors (Lipinski definition) is 2. The molecule has 1 atom stereocenters. The molecular weight excluding hydrogens is 243 g/mol. The molecule has 0 aromatic heterocycles. The van der Waals surface area contributed by atoms with Crippen LogP contribution in [0.1, 0.15) is 36.9 Å². The number of nitrogens with zero attached hydrogens (tertiary/aromatic N) is 1. The van der Waals surface area contributed by atoms with E-state index >= 15 is 0 Å². The summed E-state index contributed by atoms with van der Waals surface area (Å²) >= 11 is 0. The lowest BCUT2D eigenvalue weighted by Crippen LogP contribution is -2.35. The first-order valence-corrected chi connectivity index (χ1v) is 6.94.